The van der Waals surface area contributed by atoms with Gasteiger partial charge in [-0.3, -0.25) is 10.1 Å². The largest absolute Gasteiger partial charge is 0.367 e. The van der Waals surface area contributed by atoms with Crippen molar-refractivity contribution in [2.24, 2.45) is 0 Å². The van der Waals surface area contributed by atoms with Gasteiger partial charge in [-0.1, -0.05) is 23.2 Å². The second kappa shape index (κ2) is 7.59. The molecule has 27 heavy (non-hydrogen) atoms. The van der Waals surface area contributed by atoms with Crippen molar-refractivity contribution < 1.29 is 17.7 Å². The molecule has 0 amide bonds. The number of nitro groups is 1. The van der Waals surface area contributed by atoms with E-state index >= 15 is 0 Å². The van der Waals surface area contributed by atoms with Crippen molar-refractivity contribution in [1.29, 1.82) is 0 Å². The van der Waals surface area contributed by atoms with Gasteiger partial charge in [-0.05, 0) is 24.3 Å². The van der Waals surface area contributed by atoms with E-state index in [0.29, 0.717) is 0 Å². The minimum atomic E-state index is -3.84. The van der Waals surface area contributed by atoms with E-state index in [1.165, 1.54) is 34.6 Å². The minimum absolute atomic E-state index is 0.0724. The van der Waals surface area contributed by atoms with Gasteiger partial charge in [0, 0.05) is 37.3 Å². The lowest BCUT2D eigenvalue weighted by Crippen LogP contribution is -2.49. The van der Waals surface area contributed by atoms with Crippen molar-refractivity contribution >= 4 is 44.6 Å². The minimum Gasteiger partial charge on any atom is -0.367 e. The molecule has 2 aromatic rings. The number of nitrogens with zero attached hydrogens (tertiary/aromatic N) is 3. The number of piperazine rings is 1. The van der Waals surface area contributed by atoms with Crippen molar-refractivity contribution in [3.05, 3.63) is 62.4 Å². The van der Waals surface area contributed by atoms with Crippen LogP contribution in [-0.2, 0) is 10.0 Å². The summed E-state index contributed by atoms with van der Waals surface area (Å²) in [6.07, 6.45) is 0. The molecule has 0 N–H and O–H groups in total. The molecule has 7 nitrogen and oxygen atoms in total. The van der Waals surface area contributed by atoms with Gasteiger partial charge in [0.1, 0.15) is 4.90 Å². The maximum absolute atomic E-state index is 14.2. The Labute approximate surface area is 165 Å². The molecule has 1 aliphatic rings. The number of sulfonamides is 1. The van der Waals surface area contributed by atoms with Gasteiger partial charge in [0.15, 0.2) is 5.82 Å². The first-order chi connectivity index (χ1) is 12.7. The molecule has 0 aromatic heterocycles. The smallest absolute Gasteiger partial charge is 0.272 e. The number of hydrogen-bond donors (Lipinski definition) is 0. The Morgan fingerprint density at radius 1 is 1.04 bits per heavy atom. The van der Waals surface area contributed by atoms with E-state index in [1.807, 2.05) is 0 Å². The highest BCUT2D eigenvalue weighted by atomic mass is 35.5. The SMILES string of the molecule is O=[N+]([O-])c1ccc(N2CCN(S(=O)(=O)c3cc(Cl)ccc3Cl)CC2)c(F)c1. The normalized spacial score (nSPS) is 15.7. The van der Waals surface area contributed by atoms with Crippen LogP contribution < -0.4 is 4.90 Å². The Balaban J connectivity index is 1.77. The molecular weight excluding hydrogens is 420 g/mol. The Hall–Kier alpha value is -1.94. The number of rotatable bonds is 4. The van der Waals surface area contributed by atoms with Crippen LogP contribution >= 0.6 is 23.2 Å². The fourth-order valence-electron chi connectivity index (χ4n) is 2.85. The van der Waals surface area contributed by atoms with Gasteiger partial charge < -0.3 is 4.90 Å². The molecule has 0 spiro atoms. The molecule has 1 saturated heterocycles. The third-order valence-corrected chi connectivity index (χ3v) is 6.85. The van der Waals surface area contributed by atoms with E-state index in [-0.39, 0.29) is 52.5 Å². The van der Waals surface area contributed by atoms with E-state index in [9.17, 15) is 22.9 Å². The number of nitro benzene ring substituents is 1. The van der Waals surface area contributed by atoms with E-state index in [2.05, 4.69) is 0 Å². The van der Waals surface area contributed by atoms with E-state index in [0.717, 1.165) is 6.07 Å². The number of non-ortho nitro benzene ring substituents is 1. The van der Waals surface area contributed by atoms with Gasteiger partial charge in [-0.2, -0.15) is 4.31 Å². The Bertz CT molecular complexity index is 995. The van der Waals surface area contributed by atoms with E-state index < -0.39 is 20.8 Å². The van der Waals surface area contributed by atoms with Crippen molar-refractivity contribution in [3.8, 4) is 0 Å². The summed E-state index contributed by atoms with van der Waals surface area (Å²) in [5.74, 6) is -0.724. The van der Waals surface area contributed by atoms with E-state index in [4.69, 9.17) is 23.2 Å². The highest BCUT2D eigenvalue weighted by Gasteiger charge is 2.31. The predicted molar refractivity (Wildman–Crippen MR) is 100 cm³/mol. The van der Waals surface area contributed by atoms with Gasteiger partial charge in [0.25, 0.3) is 5.69 Å². The van der Waals surface area contributed by atoms with Crippen LogP contribution in [0.3, 0.4) is 0 Å². The van der Waals surface area contributed by atoms with Crippen LogP contribution in [0.25, 0.3) is 0 Å². The molecule has 0 unspecified atom stereocenters. The maximum atomic E-state index is 14.2. The molecule has 11 heteroatoms. The van der Waals surface area contributed by atoms with Crippen LogP contribution in [0.2, 0.25) is 10.0 Å². The number of halogens is 3. The molecule has 0 aliphatic carbocycles. The zero-order valence-electron chi connectivity index (χ0n) is 13.8. The molecule has 144 valence electrons. The molecule has 1 heterocycles. The summed E-state index contributed by atoms with van der Waals surface area (Å²) in [5, 5.41) is 11.0. The van der Waals surface area contributed by atoms with Crippen LogP contribution in [0.5, 0.6) is 0 Å². The van der Waals surface area contributed by atoms with Crippen LogP contribution in [0.15, 0.2) is 41.3 Å². The second-order valence-electron chi connectivity index (χ2n) is 5.86. The molecule has 0 atom stereocenters. The molecular formula is C16H14Cl2FN3O4S. The summed E-state index contributed by atoms with van der Waals surface area (Å²) in [6.45, 7) is 0.682. The molecule has 1 fully saturated rings. The molecule has 3 rings (SSSR count). The molecule has 0 saturated carbocycles. The van der Waals surface area contributed by atoms with Crippen molar-refractivity contribution in [2.45, 2.75) is 4.90 Å². The Kier molecular flexibility index (Phi) is 5.57. The van der Waals surface area contributed by atoms with Gasteiger partial charge in [0.05, 0.1) is 21.7 Å². The number of hydrogen-bond acceptors (Lipinski definition) is 5. The average Bonchev–Trinajstić information content (AvgIpc) is 2.63. The van der Waals surface area contributed by atoms with Crippen molar-refractivity contribution in [1.82, 2.24) is 4.31 Å². The first-order valence-corrected chi connectivity index (χ1v) is 10.0. The average molecular weight is 434 g/mol. The van der Waals surface area contributed by atoms with Gasteiger partial charge in [0.2, 0.25) is 10.0 Å². The predicted octanol–water partition coefficient (Wildman–Crippen LogP) is 3.55. The van der Waals surface area contributed by atoms with Crippen LogP contribution in [0.4, 0.5) is 15.8 Å². The highest BCUT2D eigenvalue weighted by Crippen LogP contribution is 2.30. The lowest BCUT2D eigenvalue weighted by atomic mass is 10.2. The standard InChI is InChI=1S/C16H14Cl2FN3O4S/c17-11-1-3-13(18)16(9-11)27(25,26)21-7-5-20(6-8-21)15-4-2-12(22(23)24)10-14(15)19/h1-4,9-10H,5-8H2. The third kappa shape index (κ3) is 4.01. The Morgan fingerprint density at radius 2 is 1.70 bits per heavy atom. The Morgan fingerprint density at radius 3 is 2.30 bits per heavy atom. The summed E-state index contributed by atoms with van der Waals surface area (Å²) in [4.78, 5) is 11.6. The molecule has 1 aliphatic heterocycles. The van der Waals surface area contributed by atoms with E-state index in [1.54, 1.807) is 4.90 Å². The number of benzene rings is 2. The van der Waals surface area contributed by atoms with Gasteiger partial charge in [-0.15, -0.1) is 0 Å². The fourth-order valence-corrected chi connectivity index (χ4v) is 5.01. The van der Waals surface area contributed by atoms with Crippen molar-refractivity contribution in [3.63, 3.8) is 0 Å². The summed E-state index contributed by atoms with van der Waals surface area (Å²) in [5.41, 5.74) is -0.147. The third-order valence-electron chi connectivity index (χ3n) is 4.23. The first-order valence-electron chi connectivity index (χ1n) is 7.84. The van der Waals surface area contributed by atoms with Crippen LogP contribution in [0, 0.1) is 15.9 Å². The summed E-state index contributed by atoms with van der Waals surface area (Å²) in [7, 11) is -3.84. The second-order valence-corrected chi connectivity index (χ2v) is 8.61. The fraction of sp³-hybridized carbons (Fsp3) is 0.250. The maximum Gasteiger partial charge on any atom is 0.272 e. The molecule has 0 radical (unpaired) electrons. The monoisotopic (exact) mass is 433 g/mol. The zero-order valence-corrected chi connectivity index (χ0v) is 16.1. The lowest BCUT2D eigenvalue weighted by molar-refractivity contribution is -0.385. The van der Waals surface area contributed by atoms with Crippen LogP contribution in [0.1, 0.15) is 0 Å². The van der Waals surface area contributed by atoms with Gasteiger partial charge in [-0.25, -0.2) is 12.8 Å². The number of anilines is 1. The van der Waals surface area contributed by atoms with Crippen LogP contribution in [-0.4, -0.2) is 43.8 Å². The summed E-state index contributed by atoms with van der Waals surface area (Å²) >= 11 is 11.9. The molecule has 0 bridgehead atoms. The highest BCUT2D eigenvalue weighted by molar-refractivity contribution is 7.89. The molecule has 2 aromatic carbocycles. The first kappa shape index (κ1) is 19.8. The van der Waals surface area contributed by atoms with Crippen molar-refractivity contribution in [2.75, 3.05) is 31.1 Å². The summed E-state index contributed by atoms with van der Waals surface area (Å²) in [6, 6.07) is 7.60. The summed E-state index contributed by atoms with van der Waals surface area (Å²) < 4.78 is 41.0. The topological polar surface area (TPSA) is 83.8 Å². The lowest BCUT2D eigenvalue weighted by Gasteiger charge is -2.35. The quantitative estimate of drug-likeness (QED) is 0.543. The van der Waals surface area contributed by atoms with Gasteiger partial charge >= 0.3 is 0 Å². The zero-order chi connectivity index (χ0) is 19.8.